The van der Waals surface area contributed by atoms with E-state index in [1.165, 1.54) is 24.1 Å². The Hall–Kier alpha value is -3.37. The van der Waals surface area contributed by atoms with E-state index in [9.17, 15) is 18.0 Å². The smallest absolute Gasteiger partial charge is 0.264 e. The second-order valence-corrected chi connectivity index (χ2v) is 13.5. The zero-order valence-electron chi connectivity index (χ0n) is 24.3. The highest BCUT2D eigenvalue weighted by Crippen LogP contribution is 2.28. The fourth-order valence-corrected chi connectivity index (χ4v) is 6.97. The van der Waals surface area contributed by atoms with Crippen LogP contribution < -0.4 is 14.4 Å². The number of nitrogens with one attached hydrogen (secondary N) is 1. The summed E-state index contributed by atoms with van der Waals surface area (Å²) in [5, 5.41) is 3.12. The average molecular weight is 657 g/mol. The van der Waals surface area contributed by atoms with Gasteiger partial charge in [0.05, 0.1) is 17.7 Å². The molecule has 3 aromatic carbocycles. The minimum absolute atomic E-state index is 0.0605. The van der Waals surface area contributed by atoms with Gasteiger partial charge in [0, 0.05) is 23.1 Å². The Balaban J connectivity index is 1.69. The van der Waals surface area contributed by atoms with Gasteiger partial charge in [0.15, 0.2) is 0 Å². The van der Waals surface area contributed by atoms with Gasteiger partial charge in [0.1, 0.15) is 18.3 Å². The van der Waals surface area contributed by atoms with Crippen molar-refractivity contribution in [1.82, 2.24) is 10.2 Å². The van der Waals surface area contributed by atoms with Crippen LogP contribution in [0.5, 0.6) is 5.75 Å². The zero-order chi connectivity index (χ0) is 30.3. The lowest BCUT2D eigenvalue weighted by atomic mass is 9.95. The fourth-order valence-electron chi connectivity index (χ4n) is 5.12. The summed E-state index contributed by atoms with van der Waals surface area (Å²) in [4.78, 5) is 29.1. The number of aryl methyl sites for hydroxylation is 1. The van der Waals surface area contributed by atoms with Gasteiger partial charge in [-0.3, -0.25) is 13.9 Å². The monoisotopic (exact) mass is 655 g/mol. The van der Waals surface area contributed by atoms with Crippen LogP contribution in [0, 0.1) is 6.92 Å². The topological polar surface area (TPSA) is 96.0 Å². The van der Waals surface area contributed by atoms with Crippen LogP contribution in [0.1, 0.15) is 50.2 Å². The number of methoxy groups -OCH3 is 1. The lowest BCUT2D eigenvalue weighted by Crippen LogP contribution is -2.53. The number of sulfonamides is 1. The Morgan fingerprint density at radius 2 is 1.69 bits per heavy atom. The van der Waals surface area contributed by atoms with Crippen LogP contribution in [-0.4, -0.2) is 50.9 Å². The molecule has 42 heavy (non-hydrogen) atoms. The van der Waals surface area contributed by atoms with E-state index >= 15 is 0 Å². The number of carbonyl (C=O) groups excluding carboxylic acids is 2. The first-order valence-corrected chi connectivity index (χ1v) is 16.4. The molecule has 1 aliphatic rings. The molecule has 1 fully saturated rings. The summed E-state index contributed by atoms with van der Waals surface area (Å²) in [6, 6.07) is 19.8. The summed E-state index contributed by atoms with van der Waals surface area (Å²) in [5.74, 6) is -0.297. The number of carbonyl (C=O) groups is 2. The molecule has 8 nitrogen and oxygen atoms in total. The van der Waals surface area contributed by atoms with Crippen LogP contribution in [-0.2, 0) is 26.2 Å². The maximum Gasteiger partial charge on any atom is 0.264 e. The second kappa shape index (κ2) is 14.2. The van der Waals surface area contributed by atoms with Gasteiger partial charge in [-0.15, -0.1) is 0 Å². The third-order valence-corrected chi connectivity index (χ3v) is 9.87. The summed E-state index contributed by atoms with van der Waals surface area (Å²) in [7, 11) is -2.65. The van der Waals surface area contributed by atoms with Crippen LogP contribution in [0.3, 0.4) is 0 Å². The Kier molecular flexibility index (Phi) is 10.7. The van der Waals surface area contributed by atoms with Gasteiger partial charge in [0.25, 0.3) is 10.0 Å². The SMILES string of the molecule is COc1cccc(N(CC(=O)N(Cc2cccc(Br)c2)C(C)C(=O)NC2CCCCC2)S(=O)(=O)c2ccc(C)cc2)c1. The van der Waals surface area contributed by atoms with Crippen molar-refractivity contribution < 1.29 is 22.7 Å². The van der Waals surface area contributed by atoms with Gasteiger partial charge < -0.3 is 15.0 Å². The van der Waals surface area contributed by atoms with E-state index < -0.39 is 28.5 Å². The molecular weight excluding hydrogens is 618 g/mol. The minimum atomic E-state index is -4.15. The fraction of sp³-hybridized carbons (Fsp3) is 0.375. The highest BCUT2D eigenvalue weighted by atomic mass is 79.9. The molecule has 10 heteroatoms. The van der Waals surface area contributed by atoms with Gasteiger partial charge in [-0.05, 0) is 68.7 Å². The summed E-state index contributed by atoms with van der Waals surface area (Å²) in [6.07, 6.45) is 5.11. The van der Waals surface area contributed by atoms with Crippen LogP contribution in [0.15, 0.2) is 82.2 Å². The van der Waals surface area contributed by atoms with E-state index in [4.69, 9.17) is 4.74 Å². The first-order valence-electron chi connectivity index (χ1n) is 14.2. The number of amides is 2. The van der Waals surface area contributed by atoms with Crippen LogP contribution in [0.2, 0.25) is 0 Å². The third kappa shape index (κ3) is 7.92. The van der Waals surface area contributed by atoms with Crippen LogP contribution in [0.4, 0.5) is 5.69 Å². The standard InChI is InChI=1S/C32H38BrN3O5S/c1-23-15-17-30(18-16-23)42(39,40)36(28-13-8-14-29(20-28)41-3)22-31(37)35(21-25-9-7-10-26(33)19-25)24(2)32(38)34-27-11-5-4-6-12-27/h7-10,13-20,24,27H,4-6,11-12,21-22H2,1-3H3,(H,34,38). The summed E-state index contributed by atoms with van der Waals surface area (Å²) < 4.78 is 35.3. The quantitative estimate of drug-likeness (QED) is 0.281. The van der Waals surface area contributed by atoms with Crippen LogP contribution in [0.25, 0.3) is 0 Å². The van der Waals surface area contributed by atoms with Crippen molar-refractivity contribution in [2.75, 3.05) is 18.0 Å². The molecule has 0 spiro atoms. The van der Waals surface area contributed by atoms with E-state index in [-0.39, 0.29) is 29.1 Å². The van der Waals surface area contributed by atoms with Crippen molar-refractivity contribution in [3.63, 3.8) is 0 Å². The lowest BCUT2D eigenvalue weighted by molar-refractivity contribution is -0.139. The highest BCUT2D eigenvalue weighted by Gasteiger charge is 2.33. The zero-order valence-corrected chi connectivity index (χ0v) is 26.7. The van der Waals surface area contributed by atoms with E-state index in [1.54, 1.807) is 43.3 Å². The Morgan fingerprint density at radius 1 is 1.00 bits per heavy atom. The maximum atomic E-state index is 14.1. The van der Waals surface area contributed by atoms with Gasteiger partial charge in [-0.25, -0.2) is 8.42 Å². The van der Waals surface area contributed by atoms with Crippen molar-refractivity contribution in [2.45, 2.75) is 69.5 Å². The first kappa shape index (κ1) is 31.6. The largest absolute Gasteiger partial charge is 0.497 e. The molecule has 0 heterocycles. The molecular formula is C32H38BrN3O5S. The Morgan fingerprint density at radius 3 is 2.36 bits per heavy atom. The molecule has 0 aliphatic heterocycles. The van der Waals surface area contributed by atoms with Crippen molar-refractivity contribution in [3.05, 3.63) is 88.4 Å². The van der Waals surface area contributed by atoms with E-state index in [2.05, 4.69) is 21.2 Å². The molecule has 1 atom stereocenters. The lowest BCUT2D eigenvalue weighted by Gasteiger charge is -2.33. The molecule has 1 saturated carbocycles. The molecule has 224 valence electrons. The van der Waals surface area contributed by atoms with Gasteiger partial charge in [-0.1, -0.05) is 71.1 Å². The third-order valence-electron chi connectivity index (χ3n) is 7.59. The van der Waals surface area contributed by atoms with E-state index in [0.29, 0.717) is 5.75 Å². The second-order valence-electron chi connectivity index (χ2n) is 10.7. The molecule has 2 amide bonds. The normalized spacial score (nSPS) is 14.6. The molecule has 0 saturated heterocycles. The number of hydrogen-bond acceptors (Lipinski definition) is 5. The van der Waals surface area contributed by atoms with Crippen molar-refractivity contribution >= 4 is 43.5 Å². The molecule has 1 N–H and O–H groups in total. The molecule has 3 aromatic rings. The Bertz CT molecular complexity index is 1490. The summed E-state index contributed by atoms with van der Waals surface area (Å²) in [5.41, 5.74) is 2.00. The number of benzene rings is 3. The number of halogens is 1. The van der Waals surface area contributed by atoms with Crippen LogP contribution >= 0.6 is 15.9 Å². The molecule has 1 aliphatic carbocycles. The molecule has 0 aromatic heterocycles. The Labute approximate surface area is 257 Å². The van der Waals surface area contributed by atoms with Crippen molar-refractivity contribution in [3.8, 4) is 5.75 Å². The average Bonchev–Trinajstić information content (AvgIpc) is 2.99. The number of ether oxygens (including phenoxy) is 1. The van der Waals surface area contributed by atoms with E-state index in [1.807, 2.05) is 31.2 Å². The van der Waals surface area contributed by atoms with Crippen molar-refractivity contribution in [1.29, 1.82) is 0 Å². The van der Waals surface area contributed by atoms with Gasteiger partial charge in [0.2, 0.25) is 11.8 Å². The van der Waals surface area contributed by atoms with E-state index in [0.717, 1.165) is 52.0 Å². The number of rotatable bonds is 11. The first-order chi connectivity index (χ1) is 20.1. The van der Waals surface area contributed by atoms with Gasteiger partial charge in [-0.2, -0.15) is 0 Å². The summed E-state index contributed by atoms with van der Waals surface area (Å²) >= 11 is 3.48. The molecule has 0 radical (unpaired) electrons. The van der Waals surface area contributed by atoms with Crippen molar-refractivity contribution in [2.24, 2.45) is 0 Å². The minimum Gasteiger partial charge on any atom is -0.497 e. The molecule has 1 unspecified atom stereocenters. The highest BCUT2D eigenvalue weighted by molar-refractivity contribution is 9.10. The number of hydrogen-bond donors (Lipinski definition) is 1. The maximum absolute atomic E-state index is 14.1. The number of nitrogens with zero attached hydrogens (tertiary/aromatic N) is 2. The predicted octanol–water partition coefficient (Wildman–Crippen LogP) is 5.83. The molecule has 0 bridgehead atoms. The predicted molar refractivity (Wildman–Crippen MR) is 168 cm³/mol. The summed E-state index contributed by atoms with van der Waals surface area (Å²) in [6.45, 7) is 3.20. The number of anilines is 1. The molecule has 4 rings (SSSR count). The van der Waals surface area contributed by atoms with Gasteiger partial charge >= 0.3 is 0 Å².